The van der Waals surface area contributed by atoms with E-state index < -0.39 is 0 Å². The van der Waals surface area contributed by atoms with Crippen LogP contribution in [0.3, 0.4) is 0 Å². The number of thioether (sulfide) groups is 1. The molecule has 2 atom stereocenters. The average Bonchev–Trinajstić information content (AvgIpc) is 2.87. The fourth-order valence-electron chi connectivity index (χ4n) is 2.28. The van der Waals surface area contributed by atoms with E-state index in [0.717, 1.165) is 19.8 Å². The normalized spacial score (nSPS) is 36.6. The molecular weight excluding hydrogens is 208 g/mol. The van der Waals surface area contributed by atoms with Gasteiger partial charge in [-0.15, -0.1) is 0 Å². The largest absolute Gasteiger partial charge is 0.380 e. The lowest BCUT2D eigenvalue weighted by Gasteiger charge is -2.36. The number of hydrogen-bond donors (Lipinski definition) is 1. The third-order valence-corrected chi connectivity index (χ3v) is 4.91. The third kappa shape index (κ3) is 2.67. The first-order chi connectivity index (χ1) is 7.23. The second-order valence-electron chi connectivity index (χ2n) is 4.86. The summed E-state index contributed by atoms with van der Waals surface area (Å²) in [5.41, 5.74) is 0.382. The summed E-state index contributed by atoms with van der Waals surface area (Å²) < 4.78 is 5.38. The SMILES string of the molecule is CN(C)C1(CNC2CCOC2)CCSC1. The molecule has 2 rings (SSSR count). The Hall–Kier alpha value is 0.230. The molecule has 1 N–H and O–H groups in total. The van der Waals surface area contributed by atoms with Gasteiger partial charge in [0.2, 0.25) is 0 Å². The lowest BCUT2D eigenvalue weighted by atomic mass is 9.97. The van der Waals surface area contributed by atoms with Crippen LogP contribution in [0.5, 0.6) is 0 Å². The zero-order valence-electron chi connectivity index (χ0n) is 9.79. The van der Waals surface area contributed by atoms with Crippen LogP contribution in [0.1, 0.15) is 12.8 Å². The van der Waals surface area contributed by atoms with Crippen LogP contribution in [-0.4, -0.2) is 61.8 Å². The van der Waals surface area contributed by atoms with Gasteiger partial charge < -0.3 is 15.0 Å². The van der Waals surface area contributed by atoms with Crippen LogP contribution in [0.2, 0.25) is 0 Å². The molecular formula is C11H22N2OS. The van der Waals surface area contributed by atoms with Gasteiger partial charge in [0.05, 0.1) is 6.61 Å². The average molecular weight is 230 g/mol. The van der Waals surface area contributed by atoms with E-state index in [9.17, 15) is 0 Å². The van der Waals surface area contributed by atoms with Crippen molar-refractivity contribution in [3.8, 4) is 0 Å². The quantitative estimate of drug-likeness (QED) is 0.772. The maximum atomic E-state index is 5.38. The molecule has 2 fully saturated rings. The zero-order chi connectivity index (χ0) is 10.7. The van der Waals surface area contributed by atoms with Gasteiger partial charge in [-0.1, -0.05) is 0 Å². The maximum Gasteiger partial charge on any atom is 0.0620 e. The monoisotopic (exact) mass is 230 g/mol. The predicted molar refractivity (Wildman–Crippen MR) is 65.6 cm³/mol. The maximum absolute atomic E-state index is 5.38. The fraction of sp³-hybridized carbons (Fsp3) is 1.00. The molecule has 2 heterocycles. The summed E-state index contributed by atoms with van der Waals surface area (Å²) in [6.45, 7) is 2.94. The summed E-state index contributed by atoms with van der Waals surface area (Å²) in [6, 6.07) is 0.590. The van der Waals surface area contributed by atoms with Crippen LogP contribution in [0.25, 0.3) is 0 Å². The topological polar surface area (TPSA) is 24.5 Å². The molecule has 0 saturated carbocycles. The van der Waals surface area contributed by atoms with Crippen molar-refractivity contribution in [2.45, 2.75) is 24.4 Å². The molecule has 2 saturated heterocycles. The molecule has 0 radical (unpaired) electrons. The second kappa shape index (κ2) is 5.04. The lowest BCUT2D eigenvalue weighted by Crippen LogP contribution is -2.53. The Kier molecular flexibility index (Phi) is 3.93. The van der Waals surface area contributed by atoms with E-state index in [0.29, 0.717) is 11.6 Å². The highest BCUT2D eigenvalue weighted by molar-refractivity contribution is 7.99. The molecule has 0 aliphatic carbocycles. The lowest BCUT2D eigenvalue weighted by molar-refractivity contribution is 0.160. The molecule has 2 aliphatic heterocycles. The van der Waals surface area contributed by atoms with Gasteiger partial charge in [0.15, 0.2) is 0 Å². The Bertz CT molecular complexity index is 199. The minimum atomic E-state index is 0.382. The van der Waals surface area contributed by atoms with Crippen LogP contribution < -0.4 is 5.32 Å². The van der Waals surface area contributed by atoms with Gasteiger partial charge >= 0.3 is 0 Å². The van der Waals surface area contributed by atoms with Gasteiger partial charge in [0, 0.05) is 30.5 Å². The number of hydrogen-bond acceptors (Lipinski definition) is 4. The molecule has 0 amide bonds. The van der Waals surface area contributed by atoms with Gasteiger partial charge in [0.1, 0.15) is 0 Å². The summed E-state index contributed by atoms with van der Waals surface area (Å²) in [4.78, 5) is 2.40. The van der Waals surface area contributed by atoms with E-state index >= 15 is 0 Å². The van der Waals surface area contributed by atoms with Crippen molar-refractivity contribution in [1.29, 1.82) is 0 Å². The number of ether oxygens (including phenoxy) is 1. The molecule has 4 heteroatoms. The Morgan fingerprint density at radius 1 is 1.53 bits per heavy atom. The van der Waals surface area contributed by atoms with E-state index in [2.05, 4.69) is 36.1 Å². The highest BCUT2D eigenvalue weighted by Gasteiger charge is 2.36. The smallest absolute Gasteiger partial charge is 0.0620 e. The first kappa shape index (κ1) is 11.7. The highest BCUT2D eigenvalue weighted by Crippen LogP contribution is 2.31. The van der Waals surface area contributed by atoms with Crippen LogP contribution >= 0.6 is 11.8 Å². The summed E-state index contributed by atoms with van der Waals surface area (Å²) >= 11 is 2.08. The van der Waals surface area contributed by atoms with Crippen LogP contribution in [0, 0.1) is 0 Å². The molecule has 0 spiro atoms. The molecule has 3 nitrogen and oxygen atoms in total. The molecule has 2 unspecified atom stereocenters. The number of likely N-dealkylation sites (N-methyl/N-ethyl adjacent to an activating group) is 1. The van der Waals surface area contributed by atoms with Crippen molar-refractivity contribution in [2.24, 2.45) is 0 Å². The van der Waals surface area contributed by atoms with Crippen LogP contribution in [0.15, 0.2) is 0 Å². The number of nitrogens with one attached hydrogen (secondary N) is 1. The van der Waals surface area contributed by atoms with Gasteiger partial charge in [-0.25, -0.2) is 0 Å². The third-order valence-electron chi connectivity index (χ3n) is 3.68. The summed E-state index contributed by atoms with van der Waals surface area (Å²) in [5.74, 6) is 2.57. The number of nitrogens with zero attached hydrogens (tertiary/aromatic N) is 1. The first-order valence-corrected chi connectivity index (χ1v) is 6.95. The molecule has 2 aliphatic rings. The van der Waals surface area contributed by atoms with E-state index in [1.165, 1.54) is 24.3 Å². The molecule has 0 aromatic carbocycles. The van der Waals surface area contributed by atoms with Gasteiger partial charge in [-0.2, -0.15) is 11.8 Å². The Labute approximate surface area is 96.9 Å². The highest BCUT2D eigenvalue weighted by atomic mass is 32.2. The van der Waals surface area contributed by atoms with Gasteiger partial charge in [-0.05, 0) is 32.7 Å². The van der Waals surface area contributed by atoms with E-state index in [-0.39, 0.29) is 0 Å². The van der Waals surface area contributed by atoms with Crippen LogP contribution in [-0.2, 0) is 4.74 Å². The summed E-state index contributed by atoms with van der Waals surface area (Å²) in [7, 11) is 4.41. The zero-order valence-corrected chi connectivity index (χ0v) is 10.6. The minimum Gasteiger partial charge on any atom is -0.380 e. The van der Waals surface area contributed by atoms with E-state index in [4.69, 9.17) is 4.74 Å². The second-order valence-corrected chi connectivity index (χ2v) is 5.97. The first-order valence-electron chi connectivity index (χ1n) is 5.79. The van der Waals surface area contributed by atoms with Crippen molar-refractivity contribution >= 4 is 11.8 Å². The Morgan fingerprint density at radius 3 is 2.93 bits per heavy atom. The van der Waals surface area contributed by atoms with Gasteiger partial charge in [0.25, 0.3) is 0 Å². The molecule has 88 valence electrons. The summed E-state index contributed by atoms with van der Waals surface area (Å²) in [6.07, 6.45) is 2.49. The van der Waals surface area contributed by atoms with Crippen molar-refractivity contribution in [1.82, 2.24) is 10.2 Å². The predicted octanol–water partition coefficient (Wildman–Crippen LogP) is 0.802. The van der Waals surface area contributed by atoms with E-state index in [1.807, 2.05) is 0 Å². The molecule has 0 aromatic heterocycles. The number of rotatable bonds is 4. The van der Waals surface area contributed by atoms with Crippen molar-refractivity contribution in [3.63, 3.8) is 0 Å². The Morgan fingerprint density at radius 2 is 2.40 bits per heavy atom. The van der Waals surface area contributed by atoms with Gasteiger partial charge in [-0.3, -0.25) is 0 Å². The minimum absolute atomic E-state index is 0.382. The standard InChI is InChI=1S/C11H22N2OS/c1-13(2)11(4-6-15-9-11)8-12-10-3-5-14-7-10/h10,12H,3-9H2,1-2H3. The fourth-order valence-corrected chi connectivity index (χ4v) is 3.83. The molecule has 0 bridgehead atoms. The molecule has 0 aromatic rings. The van der Waals surface area contributed by atoms with Crippen molar-refractivity contribution in [3.05, 3.63) is 0 Å². The Balaban J connectivity index is 1.83. The molecule has 15 heavy (non-hydrogen) atoms. The van der Waals surface area contributed by atoms with Crippen molar-refractivity contribution in [2.75, 3.05) is 45.4 Å². The summed E-state index contributed by atoms with van der Waals surface area (Å²) in [5, 5.41) is 3.67. The van der Waals surface area contributed by atoms with E-state index in [1.54, 1.807) is 0 Å². The van der Waals surface area contributed by atoms with Crippen LogP contribution in [0.4, 0.5) is 0 Å². The van der Waals surface area contributed by atoms with Crippen molar-refractivity contribution < 1.29 is 4.74 Å².